The van der Waals surface area contributed by atoms with Crippen LogP contribution in [0.4, 0.5) is 0 Å². The molecule has 0 bridgehead atoms. The first-order valence-electron chi connectivity index (χ1n) is 5.88. The van der Waals surface area contributed by atoms with Crippen molar-refractivity contribution in [3.63, 3.8) is 0 Å². The van der Waals surface area contributed by atoms with Crippen LogP contribution >= 0.6 is 0 Å². The normalized spacial score (nSPS) is 10.7. The predicted molar refractivity (Wildman–Crippen MR) is 65.7 cm³/mol. The molecule has 1 aromatic carbocycles. The van der Waals surface area contributed by atoms with Crippen molar-refractivity contribution in [3.8, 4) is 5.75 Å². The van der Waals surface area contributed by atoms with Gasteiger partial charge in [-0.05, 0) is 36.5 Å². The van der Waals surface area contributed by atoms with E-state index < -0.39 is 0 Å². The van der Waals surface area contributed by atoms with Gasteiger partial charge in [0.2, 0.25) is 0 Å². The summed E-state index contributed by atoms with van der Waals surface area (Å²) < 4.78 is 5.71. The van der Waals surface area contributed by atoms with Gasteiger partial charge in [-0.1, -0.05) is 39.3 Å². The van der Waals surface area contributed by atoms with Crippen LogP contribution in [0.1, 0.15) is 50.7 Å². The van der Waals surface area contributed by atoms with Crippen LogP contribution in [0.15, 0.2) is 18.2 Å². The molecule has 1 nitrogen and oxygen atoms in total. The molecule has 0 unspecified atom stereocenters. The highest BCUT2D eigenvalue weighted by Crippen LogP contribution is 2.23. The van der Waals surface area contributed by atoms with Crippen molar-refractivity contribution in [3.05, 3.63) is 29.3 Å². The molecule has 15 heavy (non-hydrogen) atoms. The van der Waals surface area contributed by atoms with Gasteiger partial charge in [0.15, 0.2) is 0 Å². The number of rotatable bonds is 5. The third-order valence-electron chi connectivity index (χ3n) is 2.62. The highest BCUT2D eigenvalue weighted by molar-refractivity contribution is 5.37. The maximum atomic E-state index is 5.71. The molecular formula is C14H22O. The minimum atomic E-state index is 0.591. The Morgan fingerprint density at radius 2 is 2.00 bits per heavy atom. The Balaban J connectivity index is 2.66. The maximum Gasteiger partial charge on any atom is 0.122 e. The topological polar surface area (TPSA) is 9.23 Å². The van der Waals surface area contributed by atoms with Crippen molar-refractivity contribution >= 4 is 0 Å². The van der Waals surface area contributed by atoms with E-state index >= 15 is 0 Å². The monoisotopic (exact) mass is 206 g/mol. The summed E-state index contributed by atoms with van der Waals surface area (Å²) in [5, 5.41) is 0. The molecule has 0 radical (unpaired) electrons. The Bertz CT molecular complexity index is 302. The Morgan fingerprint density at radius 3 is 2.53 bits per heavy atom. The molecule has 1 heteroatoms. The molecule has 0 aliphatic carbocycles. The Kier molecular flexibility index (Phi) is 4.67. The summed E-state index contributed by atoms with van der Waals surface area (Å²) >= 11 is 0. The molecule has 84 valence electrons. The number of ether oxygens (including phenoxy) is 1. The molecule has 0 heterocycles. The standard InChI is InChI=1S/C14H22O/c1-5-6-9-15-14-8-7-13(11(2)3)10-12(14)4/h7-8,10-11H,5-6,9H2,1-4H3. The Labute approximate surface area is 93.5 Å². The van der Waals surface area contributed by atoms with Crippen molar-refractivity contribution in [2.45, 2.75) is 46.5 Å². The van der Waals surface area contributed by atoms with E-state index in [1.54, 1.807) is 0 Å². The predicted octanol–water partition coefficient (Wildman–Crippen LogP) is 4.30. The van der Waals surface area contributed by atoms with Gasteiger partial charge in [-0.25, -0.2) is 0 Å². The SMILES string of the molecule is CCCCOc1ccc(C(C)C)cc1C. The third-order valence-corrected chi connectivity index (χ3v) is 2.62. The maximum absolute atomic E-state index is 5.71. The smallest absolute Gasteiger partial charge is 0.122 e. The molecule has 0 saturated carbocycles. The fourth-order valence-electron chi connectivity index (χ4n) is 1.52. The van der Waals surface area contributed by atoms with Crippen LogP contribution in [0.5, 0.6) is 5.75 Å². The van der Waals surface area contributed by atoms with Crippen LogP contribution in [0.2, 0.25) is 0 Å². The van der Waals surface area contributed by atoms with Gasteiger partial charge in [-0.3, -0.25) is 0 Å². The fourth-order valence-corrected chi connectivity index (χ4v) is 1.52. The number of unbranched alkanes of at least 4 members (excludes halogenated alkanes) is 1. The average molecular weight is 206 g/mol. The summed E-state index contributed by atoms with van der Waals surface area (Å²) in [5.41, 5.74) is 2.63. The zero-order valence-electron chi connectivity index (χ0n) is 10.3. The van der Waals surface area contributed by atoms with Crippen LogP contribution in [0, 0.1) is 6.92 Å². The van der Waals surface area contributed by atoms with Gasteiger partial charge < -0.3 is 4.74 Å². The van der Waals surface area contributed by atoms with E-state index in [0.29, 0.717) is 5.92 Å². The largest absolute Gasteiger partial charge is 0.493 e. The third kappa shape index (κ3) is 3.58. The summed E-state index contributed by atoms with van der Waals surface area (Å²) in [6.45, 7) is 9.56. The van der Waals surface area contributed by atoms with E-state index in [0.717, 1.165) is 18.8 Å². The number of hydrogen-bond acceptors (Lipinski definition) is 1. The highest BCUT2D eigenvalue weighted by Gasteiger charge is 2.03. The molecule has 0 spiro atoms. The molecule has 0 fully saturated rings. The lowest BCUT2D eigenvalue weighted by Crippen LogP contribution is -1.99. The second kappa shape index (κ2) is 5.79. The average Bonchev–Trinajstić information content (AvgIpc) is 2.20. The number of hydrogen-bond donors (Lipinski definition) is 0. The van der Waals surface area contributed by atoms with Crippen LogP contribution < -0.4 is 4.74 Å². The summed E-state index contributed by atoms with van der Waals surface area (Å²) in [7, 11) is 0. The van der Waals surface area contributed by atoms with E-state index in [4.69, 9.17) is 4.74 Å². The quantitative estimate of drug-likeness (QED) is 0.653. The van der Waals surface area contributed by atoms with Crippen molar-refractivity contribution in [1.29, 1.82) is 0 Å². The lowest BCUT2D eigenvalue weighted by Gasteiger charge is -2.11. The van der Waals surface area contributed by atoms with Gasteiger partial charge in [0.05, 0.1) is 6.61 Å². The summed E-state index contributed by atoms with van der Waals surface area (Å²) in [6.07, 6.45) is 2.31. The van der Waals surface area contributed by atoms with E-state index in [9.17, 15) is 0 Å². The molecule has 0 N–H and O–H groups in total. The van der Waals surface area contributed by atoms with Crippen LogP contribution in [-0.2, 0) is 0 Å². The lowest BCUT2D eigenvalue weighted by atomic mass is 10.0. The molecule has 0 amide bonds. The minimum absolute atomic E-state index is 0.591. The first-order chi connectivity index (χ1) is 7.15. The Hall–Kier alpha value is -0.980. The highest BCUT2D eigenvalue weighted by atomic mass is 16.5. The van der Waals surface area contributed by atoms with Gasteiger partial charge in [-0.2, -0.15) is 0 Å². The van der Waals surface area contributed by atoms with Gasteiger partial charge in [-0.15, -0.1) is 0 Å². The lowest BCUT2D eigenvalue weighted by molar-refractivity contribution is 0.307. The van der Waals surface area contributed by atoms with Crippen molar-refractivity contribution in [2.75, 3.05) is 6.61 Å². The van der Waals surface area contributed by atoms with E-state index in [2.05, 4.69) is 45.9 Å². The van der Waals surface area contributed by atoms with Crippen molar-refractivity contribution in [2.24, 2.45) is 0 Å². The van der Waals surface area contributed by atoms with Gasteiger partial charge in [0.25, 0.3) is 0 Å². The summed E-state index contributed by atoms with van der Waals surface area (Å²) in [6, 6.07) is 6.49. The molecule has 0 atom stereocenters. The van der Waals surface area contributed by atoms with E-state index in [1.807, 2.05) is 0 Å². The number of benzene rings is 1. The van der Waals surface area contributed by atoms with Crippen LogP contribution in [0.3, 0.4) is 0 Å². The second-order valence-electron chi connectivity index (χ2n) is 4.38. The molecule has 1 aromatic rings. The minimum Gasteiger partial charge on any atom is -0.493 e. The zero-order chi connectivity index (χ0) is 11.3. The van der Waals surface area contributed by atoms with E-state index in [-0.39, 0.29) is 0 Å². The second-order valence-corrected chi connectivity index (χ2v) is 4.38. The van der Waals surface area contributed by atoms with Crippen molar-refractivity contribution in [1.82, 2.24) is 0 Å². The van der Waals surface area contributed by atoms with Gasteiger partial charge >= 0.3 is 0 Å². The first kappa shape index (κ1) is 12.1. The number of aryl methyl sites for hydroxylation is 1. The van der Waals surface area contributed by atoms with Crippen molar-refractivity contribution < 1.29 is 4.74 Å². The first-order valence-corrected chi connectivity index (χ1v) is 5.88. The Morgan fingerprint density at radius 1 is 1.27 bits per heavy atom. The summed E-state index contributed by atoms with van der Waals surface area (Å²) in [5.74, 6) is 1.63. The van der Waals surface area contributed by atoms with Crippen LogP contribution in [0.25, 0.3) is 0 Å². The fraction of sp³-hybridized carbons (Fsp3) is 0.571. The van der Waals surface area contributed by atoms with E-state index in [1.165, 1.54) is 17.5 Å². The van der Waals surface area contributed by atoms with Crippen LogP contribution in [-0.4, -0.2) is 6.61 Å². The molecule has 1 rings (SSSR count). The molecule has 0 aliphatic rings. The van der Waals surface area contributed by atoms with Gasteiger partial charge in [0, 0.05) is 0 Å². The molecule has 0 aliphatic heterocycles. The summed E-state index contributed by atoms with van der Waals surface area (Å²) in [4.78, 5) is 0. The van der Waals surface area contributed by atoms with Gasteiger partial charge in [0.1, 0.15) is 5.75 Å². The molecular weight excluding hydrogens is 184 g/mol. The molecule has 0 saturated heterocycles. The zero-order valence-corrected chi connectivity index (χ0v) is 10.3. The molecule has 0 aromatic heterocycles.